The number of aromatic amines is 1. The monoisotopic (exact) mass is 292 g/mol. The summed E-state index contributed by atoms with van der Waals surface area (Å²) in [6, 6.07) is 8.07. The molecule has 0 aliphatic rings. The first-order valence-corrected chi connectivity index (χ1v) is 4.27. The maximum Gasteiger partial charge on any atom is 0.0923 e. The summed E-state index contributed by atoms with van der Waals surface area (Å²) in [6.07, 6.45) is 0. The van der Waals surface area contributed by atoms with E-state index in [2.05, 4.69) is 16.3 Å². The highest BCUT2D eigenvalue weighted by atomic mass is 127. The Morgan fingerprint density at radius 1 is 1.23 bits per heavy atom. The van der Waals surface area contributed by atoms with Crippen molar-refractivity contribution in [3.63, 3.8) is 0 Å². The smallest absolute Gasteiger partial charge is 0.0923 e. The summed E-state index contributed by atoms with van der Waals surface area (Å²) in [7, 11) is 0. The summed E-state index contributed by atoms with van der Waals surface area (Å²) >= 11 is 0. The number of nitrogens with one attached hydrogen (secondary N) is 1. The molecule has 1 aromatic carbocycles. The fourth-order valence-corrected chi connectivity index (χ4v) is 1.09. The van der Waals surface area contributed by atoms with Gasteiger partial charge in [0, 0.05) is 12.5 Å². The highest BCUT2D eigenvalue weighted by Crippen LogP contribution is 2.12. The first-order valence-electron chi connectivity index (χ1n) is 4.27. The molecule has 0 amide bonds. The lowest BCUT2D eigenvalue weighted by atomic mass is 10.2. The summed E-state index contributed by atoms with van der Waals surface area (Å²) in [5, 5.41) is 8.23. The van der Waals surface area contributed by atoms with E-state index in [1.54, 1.807) is 0 Å². The van der Waals surface area contributed by atoms with E-state index >= 15 is 0 Å². The van der Waals surface area contributed by atoms with E-state index in [0.29, 0.717) is 0 Å². The topological polar surface area (TPSA) is 28.7 Å². The van der Waals surface area contributed by atoms with Gasteiger partial charge in [0.1, 0.15) is 0 Å². The van der Waals surface area contributed by atoms with Crippen LogP contribution in [0.3, 0.4) is 0 Å². The maximum absolute atomic E-state index is 4.09. The number of nitrogens with zero attached hydrogens (tertiary/aromatic N) is 1. The van der Waals surface area contributed by atoms with E-state index in [-0.39, 0.29) is 25.4 Å². The fraction of sp³-hybridized carbons (Fsp3) is 0.300. The van der Waals surface area contributed by atoms with E-state index in [0.717, 1.165) is 11.2 Å². The molecule has 0 saturated heterocycles. The van der Waals surface area contributed by atoms with Crippen LogP contribution in [-0.4, -0.2) is 10.2 Å². The molecule has 2 aromatic rings. The number of rotatable bonds is 0. The summed E-state index contributed by atoms with van der Waals surface area (Å²) in [4.78, 5) is 0. The first kappa shape index (κ1) is 12.4. The number of hydrogen-bond acceptors (Lipinski definition) is 1. The summed E-state index contributed by atoms with van der Waals surface area (Å²) < 4.78 is 0. The standard InChI is InChI=1S/C8H8N2.C2H6.HI.H2/c1-6-7-4-2-3-5-8(7)10-9-6;1-2;;/h2-5H,1H3,(H,9,10);1-2H3;2*1H. The van der Waals surface area contributed by atoms with Crippen LogP contribution in [-0.2, 0) is 0 Å². The number of aromatic nitrogens is 2. The number of fused-ring (bicyclic) bond motifs is 1. The second kappa shape index (κ2) is 5.96. The second-order valence-corrected chi connectivity index (χ2v) is 2.37. The van der Waals surface area contributed by atoms with E-state index in [1.807, 2.05) is 39.0 Å². The lowest BCUT2D eigenvalue weighted by Gasteiger charge is -1.84. The van der Waals surface area contributed by atoms with Gasteiger partial charge >= 0.3 is 0 Å². The van der Waals surface area contributed by atoms with Crippen LogP contribution in [0.2, 0.25) is 0 Å². The molecule has 0 unspecified atom stereocenters. The second-order valence-electron chi connectivity index (χ2n) is 2.37. The Balaban J connectivity index is 0. The highest BCUT2D eigenvalue weighted by Gasteiger charge is 1.96. The van der Waals surface area contributed by atoms with Gasteiger partial charge in [0.25, 0.3) is 0 Å². The van der Waals surface area contributed by atoms with E-state index in [4.69, 9.17) is 0 Å². The molecule has 0 aliphatic heterocycles. The van der Waals surface area contributed by atoms with Gasteiger partial charge in [0.15, 0.2) is 0 Å². The molecular weight excluding hydrogens is 275 g/mol. The number of halogens is 1. The average Bonchev–Trinajstić information content (AvgIpc) is 2.53. The van der Waals surface area contributed by atoms with Crippen molar-refractivity contribution in [3.8, 4) is 0 Å². The molecule has 0 bridgehead atoms. The Hall–Kier alpha value is -0.580. The molecule has 2 rings (SSSR count). The molecule has 0 spiro atoms. The molecule has 2 nitrogen and oxygen atoms in total. The molecule has 0 atom stereocenters. The van der Waals surface area contributed by atoms with Gasteiger partial charge in [0.2, 0.25) is 0 Å². The summed E-state index contributed by atoms with van der Waals surface area (Å²) in [5.41, 5.74) is 2.18. The summed E-state index contributed by atoms with van der Waals surface area (Å²) in [5.74, 6) is 0. The molecule has 1 aromatic heterocycles. The van der Waals surface area contributed by atoms with Gasteiger partial charge in [-0.2, -0.15) is 5.10 Å². The Morgan fingerprint density at radius 2 is 1.85 bits per heavy atom. The first-order chi connectivity index (χ1) is 5.88. The van der Waals surface area contributed by atoms with Crippen LogP contribution >= 0.6 is 24.0 Å². The molecule has 0 fully saturated rings. The van der Waals surface area contributed by atoms with Gasteiger partial charge in [-0.1, -0.05) is 32.0 Å². The minimum absolute atomic E-state index is 0. The predicted octanol–water partition coefficient (Wildman–Crippen LogP) is 3.76. The number of para-hydroxylation sites is 1. The van der Waals surface area contributed by atoms with Crippen LogP contribution in [0.15, 0.2) is 24.3 Å². The molecule has 1 heterocycles. The Labute approximate surface area is 97.2 Å². The van der Waals surface area contributed by atoms with Crippen molar-refractivity contribution in [2.75, 3.05) is 0 Å². The van der Waals surface area contributed by atoms with Crippen LogP contribution in [0.25, 0.3) is 10.9 Å². The van der Waals surface area contributed by atoms with E-state index in [1.165, 1.54) is 5.39 Å². The zero-order valence-electron chi connectivity index (χ0n) is 8.16. The van der Waals surface area contributed by atoms with Crippen molar-refractivity contribution >= 4 is 34.9 Å². The van der Waals surface area contributed by atoms with Crippen LogP contribution in [0.1, 0.15) is 21.0 Å². The minimum atomic E-state index is 0. The molecule has 1 N–H and O–H groups in total. The largest absolute Gasteiger partial charge is 0.282 e. The third kappa shape index (κ3) is 2.69. The molecule has 0 saturated carbocycles. The minimum Gasteiger partial charge on any atom is -0.282 e. The van der Waals surface area contributed by atoms with Gasteiger partial charge < -0.3 is 0 Å². The number of benzene rings is 1. The third-order valence-electron chi connectivity index (χ3n) is 1.65. The average molecular weight is 292 g/mol. The number of hydrogen-bond donors (Lipinski definition) is 1. The van der Waals surface area contributed by atoms with Crippen molar-refractivity contribution < 1.29 is 1.43 Å². The maximum atomic E-state index is 4.09. The van der Waals surface area contributed by atoms with Crippen LogP contribution in [0, 0.1) is 6.92 Å². The van der Waals surface area contributed by atoms with Crippen LogP contribution in [0.4, 0.5) is 0 Å². The normalized spacial score (nSPS) is 8.54. The molecule has 13 heavy (non-hydrogen) atoms. The van der Waals surface area contributed by atoms with Crippen molar-refractivity contribution in [1.82, 2.24) is 10.2 Å². The van der Waals surface area contributed by atoms with E-state index in [9.17, 15) is 0 Å². The van der Waals surface area contributed by atoms with Gasteiger partial charge in [-0.05, 0) is 13.0 Å². The zero-order chi connectivity index (χ0) is 8.97. The molecular formula is C10H17IN2. The zero-order valence-corrected chi connectivity index (χ0v) is 10.5. The SMILES string of the molecule is CC.Cc1[nH]nc2ccccc12.I.[HH]. The predicted molar refractivity (Wildman–Crippen MR) is 69.7 cm³/mol. The third-order valence-corrected chi connectivity index (χ3v) is 1.65. The fourth-order valence-electron chi connectivity index (χ4n) is 1.09. The van der Waals surface area contributed by atoms with Gasteiger partial charge in [0.05, 0.1) is 5.52 Å². The van der Waals surface area contributed by atoms with E-state index < -0.39 is 0 Å². The van der Waals surface area contributed by atoms with Crippen molar-refractivity contribution in [2.24, 2.45) is 0 Å². The van der Waals surface area contributed by atoms with Crippen LogP contribution < -0.4 is 0 Å². The lowest BCUT2D eigenvalue weighted by molar-refractivity contribution is 1.07. The Bertz CT molecular complexity index is 360. The van der Waals surface area contributed by atoms with Crippen LogP contribution in [0.5, 0.6) is 0 Å². The molecule has 0 radical (unpaired) electrons. The quantitative estimate of drug-likeness (QED) is 0.736. The van der Waals surface area contributed by atoms with Gasteiger partial charge in [-0.3, -0.25) is 5.10 Å². The van der Waals surface area contributed by atoms with Crippen molar-refractivity contribution in [1.29, 1.82) is 0 Å². The van der Waals surface area contributed by atoms with Gasteiger partial charge in [-0.15, -0.1) is 24.0 Å². The van der Waals surface area contributed by atoms with Crippen molar-refractivity contribution in [3.05, 3.63) is 30.0 Å². The number of H-pyrrole nitrogens is 1. The van der Waals surface area contributed by atoms with Gasteiger partial charge in [-0.25, -0.2) is 0 Å². The molecule has 0 aliphatic carbocycles. The lowest BCUT2D eigenvalue weighted by Crippen LogP contribution is -1.67. The van der Waals surface area contributed by atoms with Crippen molar-refractivity contribution in [2.45, 2.75) is 20.8 Å². The Kier molecular flexibility index (Phi) is 5.70. The molecule has 74 valence electrons. The highest BCUT2D eigenvalue weighted by molar-refractivity contribution is 14.0. The summed E-state index contributed by atoms with van der Waals surface area (Å²) in [6.45, 7) is 6.02. The molecule has 3 heteroatoms. The Morgan fingerprint density at radius 3 is 2.46 bits per heavy atom. The number of aryl methyl sites for hydroxylation is 1.